The number of amides is 3. The summed E-state index contributed by atoms with van der Waals surface area (Å²) in [6, 6.07) is 8.65. The van der Waals surface area contributed by atoms with Crippen molar-refractivity contribution in [1.29, 1.82) is 0 Å². The fraction of sp³-hybridized carbons (Fsp3) is 0.500. The Hall–Kier alpha value is -3.36. The van der Waals surface area contributed by atoms with Crippen LogP contribution in [0.3, 0.4) is 0 Å². The number of halogens is 7. The van der Waals surface area contributed by atoms with E-state index in [-0.39, 0.29) is 49.2 Å². The molecule has 15 heteroatoms. The van der Waals surface area contributed by atoms with Crippen LogP contribution < -0.4 is 0 Å². The summed E-state index contributed by atoms with van der Waals surface area (Å²) in [5.41, 5.74) is -1.88. The molecule has 0 spiro atoms. The van der Waals surface area contributed by atoms with Crippen molar-refractivity contribution in [1.82, 2.24) is 19.6 Å². The molecule has 4 rings (SSSR count). The van der Waals surface area contributed by atoms with Crippen molar-refractivity contribution >= 4 is 29.8 Å². The molecule has 0 N–H and O–H groups in total. The van der Waals surface area contributed by atoms with Crippen LogP contribution in [0.1, 0.15) is 42.0 Å². The maximum absolute atomic E-state index is 12.4. The van der Waals surface area contributed by atoms with E-state index in [1.165, 1.54) is 25.0 Å². The number of alkyl halides is 6. The lowest BCUT2D eigenvalue weighted by molar-refractivity contribution is -0.163. The van der Waals surface area contributed by atoms with E-state index in [9.17, 15) is 40.7 Å². The minimum atomic E-state index is -4.82. The summed E-state index contributed by atoms with van der Waals surface area (Å²) in [5, 5.41) is 0.643. The Labute approximate surface area is 263 Å². The average molecular weight is 667 g/mol. The van der Waals surface area contributed by atoms with Gasteiger partial charge in [-0.15, -0.1) is 0 Å². The highest BCUT2D eigenvalue weighted by Gasteiger charge is 2.41. The summed E-state index contributed by atoms with van der Waals surface area (Å²) in [6.07, 6.45) is -7.70. The molecule has 2 heterocycles. The quantitative estimate of drug-likeness (QED) is 0.287. The highest BCUT2D eigenvalue weighted by Crippen LogP contribution is 2.36. The molecule has 2 aliphatic rings. The van der Waals surface area contributed by atoms with Crippen LogP contribution in [0.15, 0.2) is 42.5 Å². The van der Waals surface area contributed by atoms with Gasteiger partial charge < -0.3 is 24.3 Å². The fourth-order valence-electron chi connectivity index (χ4n) is 4.61. The number of hydrogen-bond donors (Lipinski definition) is 0. The van der Waals surface area contributed by atoms with Crippen LogP contribution in [0.5, 0.6) is 0 Å². The van der Waals surface area contributed by atoms with E-state index in [1.807, 2.05) is 12.1 Å². The van der Waals surface area contributed by atoms with Gasteiger partial charge in [-0.05, 0) is 68.5 Å². The van der Waals surface area contributed by atoms with E-state index in [0.717, 1.165) is 12.0 Å². The topological polar surface area (TPSA) is 73.4 Å². The van der Waals surface area contributed by atoms with Gasteiger partial charge in [0.05, 0.1) is 24.3 Å². The molecule has 0 aromatic heterocycles. The van der Waals surface area contributed by atoms with Gasteiger partial charge in [0.2, 0.25) is 18.2 Å². The summed E-state index contributed by atoms with van der Waals surface area (Å²) in [7, 11) is 5.36. The second kappa shape index (κ2) is 16.8. The number of benzene rings is 2. The number of piperazine rings is 1. The van der Waals surface area contributed by atoms with E-state index < -0.39 is 23.5 Å². The third kappa shape index (κ3) is 11.8. The summed E-state index contributed by atoms with van der Waals surface area (Å²) in [6.45, 7) is 4.30. The van der Waals surface area contributed by atoms with Crippen molar-refractivity contribution in [3.63, 3.8) is 0 Å². The van der Waals surface area contributed by atoms with Gasteiger partial charge in [0.15, 0.2) is 0 Å². The van der Waals surface area contributed by atoms with Crippen molar-refractivity contribution < 1.29 is 45.5 Å². The number of carbonyl (C=O) groups is 3. The first-order valence-electron chi connectivity index (χ1n) is 13.9. The Balaban J connectivity index is 0.000000273. The van der Waals surface area contributed by atoms with Crippen molar-refractivity contribution in [2.45, 2.75) is 51.4 Å². The van der Waals surface area contributed by atoms with Crippen LogP contribution in [0.2, 0.25) is 5.02 Å². The zero-order chi connectivity index (χ0) is 33.9. The van der Waals surface area contributed by atoms with E-state index in [2.05, 4.69) is 30.7 Å². The number of carbonyl (C=O) groups excluding carboxylic acids is 3. The summed E-state index contributed by atoms with van der Waals surface area (Å²) in [4.78, 5) is 42.3. The van der Waals surface area contributed by atoms with Crippen molar-refractivity contribution in [3.8, 4) is 0 Å². The number of ether oxygens (including phenoxy) is 1. The molecule has 2 aromatic rings. The van der Waals surface area contributed by atoms with Gasteiger partial charge in [-0.1, -0.05) is 30.7 Å². The molecule has 45 heavy (non-hydrogen) atoms. The molecule has 0 saturated carbocycles. The number of fused-ring (bicyclic) bond motifs is 1. The molecule has 2 fully saturated rings. The summed E-state index contributed by atoms with van der Waals surface area (Å²) >= 11 is 5.86. The van der Waals surface area contributed by atoms with Gasteiger partial charge in [0.1, 0.15) is 12.7 Å². The van der Waals surface area contributed by atoms with Gasteiger partial charge in [-0.25, -0.2) is 0 Å². The van der Waals surface area contributed by atoms with Crippen molar-refractivity contribution in [2.24, 2.45) is 0 Å². The normalized spacial score (nSPS) is 16.9. The zero-order valence-electron chi connectivity index (χ0n) is 25.4. The largest absolute Gasteiger partial charge is 0.416 e. The summed E-state index contributed by atoms with van der Waals surface area (Å²) in [5.74, 6) is -0.171. The van der Waals surface area contributed by atoms with E-state index in [1.54, 1.807) is 21.9 Å². The average Bonchev–Trinajstić information content (AvgIpc) is 2.95. The first-order valence-corrected chi connectivity index (χ1v) is 14.3. The molecule has 8 nitrogen and oxygen atoms in total. The first-order chi connectivity index (χ1) is 21.0. The molecule has 3 amide bonds. The number of rotatable bonds is 7. The predicted octanol–water partition coefficient (Wildman–Crippen LogP) is 5.53. The van der Waals surface area contributed by atoms with Gasteiger partial charge in [0.25, 0.3) is 0 Å². The van der Waals surface area contributed by atoms with Gasteiger partial charge in [-0.3, -0.25) is 14.4 Å². The van der Waals surface area contributed by atoms with Crippen LogP contribution >= 0.6 is 11.6 Å². The first kappa shape index (κ1) is 37.8. The molecule has 1 atom stereocenters. The third-order valence-electron chi connectivity index (χ3n) is 6.74. The molecule has 250 valence electrons. The van der Waals surface area contributed by atoms with Crippen LogP contribution in [0, 0.1) is 0 Å². The monoisotopic (exact) mass is 666 g/mol. The highest BCUT2D eigenvalue weighted by molar-refractivity contribution is 6.30. The molecule has 0 aliphatic carbocycles. The van der Waals surface area contributed by atoms with E-state index in [4.69, 9.17) is 11.6 Å². The predicted molar refractivity (Wildman–Crippen MR) is 156 cm³/mol. The second-order valence-corrected chi connectivity index (χ2v) is 11.1. The standard InChI is InChI=1S/C15H16ClN3O3.C10H8F6O.C5H13N/c16-12-3-1-11(2-4-12)7-18-8-13-17(10-20)6-5-14(21)19(13)9-15(18)22;1-17-5-6-2-7(9(11,12)13)4-8(3-6)10(14,15)16;1-4-5-6(2)3/h1-4,10,13H,5-9H2;2-4H,5H2,1H3;4-5H2,1-3H3. The Morgan fingerprint density at radius 1 is 0.956 bits per heavy atom. The molecule has 2 aliphatic heterocycles. The molecular formula is C30H37ClF6N4O4. The Morgan fingerprint density at radius 3 is 1.98 bits per heavy atom. The van der Waals surface area contributed by atoms with Crippen LogP contribution in [-0.4, -0.2) is 91.4 Å². The lowest BCUT2D eigenvalue weighted by Gasteiger charge is -2.47. The number of nitrogens with zero attached hydrogens (tertiary/aromatic N) is 4. The Morgan fingerprint density at radius 2 is 1.53 bits per heavy atom. The highest BCUT2D eigenvalue weighted by atomic mass is 35.5. The number of hydrogen-bond acceptors (Lipinski definition) is 5. The van der Waals surface area contributed by atoms with Gasteiger partial charge >= 0.3 is 12.4 Å². The molecule has 0 radical (unpaired) electrons. The van der Waals surface area contributed by atoms with Crippen LogP contribution in [0.25, 0.3) is 0 Å². The summed E-state index contributed by atoms with van der Waals surface area (Å²) < 4.78 is 78.7. The van der Waals surface area contributed by atoms with Crippen molar-refractivity contribution in [2.75, 3.05) is 47.4 Å². The number of methoxy groups -OCH3 is 1. The minimum Gasteiger partial charge on any atom is -0.380 e. The second-order valence-electron chi connectivity index (χ2n) is 10.6. The van der Waals surface area contributed by atoms with Crippen molar-refractivity contribution in [3.05, 3.63) is 69.7 Å². The lowest BCUT2D eigenvalue weighted by atomic mass is 10.1. The van der Waals surface area contributed by atoms with Crippen LogP contribution in [0.4, 0.5) is 26.3 Å². The van der Waals surface area contributed by atoms with Crippen LogP contribution in [-0.2, 0) is 44.6 Å². The van der Waals surface area contributed by atoms with Gasteiger partial charge in [-0.2, -0.15) is 26.3 Å². The maximum atomic E-state index is 12.4. The minimum absolute atomic E-state index is 0.0292. The molecule has 0 bridgehead atoms. The van der Waals surface area contributed by atoms with E-state index in [0.29, 0.717) is 36.8 Å². The Kier molecular flexibility index (Phi) is 14.1. The third-order valence-corrected chi connectivity index (χ3v) is 6.99. The maximum Gasteiger partial charge on any atom is 0.416 e. The lowest BCUT2D eigenvalue weighted by Crippen LogP contribution is -2.66. The molecule has 1 unspecified atom stereocenters. The Bertz CT molecular complexity index is 1240. The molecule has 2 saturated heterocycles. The SMILES string of the molecule is CCCN(C)C.COCc1cc(C(F)(F)F)cc(C(F)(F)F)c1.O=CN1CCC(=O)N2CC(=O)N(Cc3ccc(Cl)cc3)CC12. The van der Waals surface area contributed by atoms with Gasteiger partial charge in [0, 0.05) is 31.6 Å². The smallest absolute Gasteiger partial charge is 0.380 e. The zero-order valence-corrected chi connectivity index (χ0v) is 26.2. The molecular weight excluding hydrogens is 630 g/mol. The molecule has 2 aromatic carbocycles. The van der Waals surface area contributed by atoms with E-state index >= 15 is 0 Å². The fourth-order valence-corrected chi connectivity index (χ4v) is 4.73.